The normalized spacial score (nSPS) is 23.6. The Hall–Kier alpha value is -1.20. The van der Waals surface area contributed by atoms with Crippen molar-refractivity contribution >= 4 is 8.32 Å². The standard InChI is InChI=1S/C24H38O3Si/c1-8-12-22-23(27-28(6,7)24(3,4)5)19(2)17-21(26-22)15-16-25-18-20-13-10-9-11-14-20/h8-11,13-14,21-23H,1-2,12,15-18H2,3-7H3/t21-,22-,23-/m1/s1. The fourth-order valence-corrected chi connectivity index (χ4v) is 4.49. The van der Waals surface area contributed by atoms with E-state index in [0.29, 0.717) is 13.2 Å². The van der Waals surface area contributed by atoms with Gasteiger partial charge in [-0.1, -0.05) is 63.8 Å². The van der Waals surface area contributed by atoms with Gasteiger partial charge in [0.15, 0.2) is 8.32 Å². The molecule has 0 aromatic heterocycles. The first-order valence-electron chi connectivity index (χ1n) is 10.4. The molecule has 1 aliphatic rings. The average Bonchev–Trinajstić information content (AvgIpc) is 2.62. The van der Waals surface area contributed by atoms with Gasteiger partial charge in [0.1, 0.15) is 0 Å². The first-order valence-corrected chi connectivity index (χ1v) is 13.3. The highest BCUT2D eigenvalue weighted by Crippen LogP contribution is 2.40. The number of hydrogen-bond donors (Lipinski definition) is 0. The third kappa shape index (κ3) is 6.41. The lowest BCUT2D eigenvalue weighted by molar-refractivity contribution is -0.0934. The van der Waals surface area contributed by atoms with Gasteiger partial charge >= 0.3 is 0 Å². The van der Waals surface area contributed by atoms with Gasteiger partial charge in [-0.25, -0.2) is 0 Å². The van der Waals surface area contributed by atoms with Crippen molar-refractivity contribution in [1.29, 1.82) is 0 Å². The summed E-state index contributed by atoms with van der Waals surface area (Å²) in [6.07, 6.45) is 4.49. The maximum Gasteiger partial charge on any atom is 0.193 e. The summed E-state index contributed by atoms with van der Waals surface area (Å²) in [6.45, 7) is 21.0. The van der Waals surface area contributed by atoms with Crippen LogP contribution in [-0.2, 0) is 20.5 Å². The second kappa shape index (κ2) is 10.0. The van der Waals surface area contributed by atoms with Gasteiger partial charge in [-0.3, -0.25) is 0 Å². The summed E-state index contributed by atoms with van der Waals surface area (Å²) >= 11 is 0. The molecule has 2 rings (SSSR count). The molecule has 0 saturated carbocycles. The topological polar surface area (TPSA) is 27.7 Å². The molecule has 0 aliphatic carbocycles. The van der Waals surface area contributed by atoms with E-state index in [2.05, 4.69) is 59.2 Å². The third-order valence-electron chi connectivity index (χ3n) is 5.92. The molecule has 1 heterocycles. The molecule has 1 saturated heterocycles. The Kier molecular flexibility index (Phi) is 8.26. The van der Waals surface area contributed by atoms with E-state index < -0.39 is 8.32 Å². The zero-order valence-electron chi connectivity index (χ0n) is 18.4. The van der Waals surface area contributed by atoms with Crippen LogP contribution in [0.1, 0.15) is 45.6 Å². The summed E-state index contributed by atoms with van der Waals surface area (Å²) in [5, 5.41) is 0.161. The largest absolute Gasteiger partial charge is 0.408 e. The van der Waals surface area contributed by atoms with Gasteiger partial charge in [0.05, 0.1) is 24.9 Å². The predicted octanol–water partition coefficient (Wildman–Crippen LogP) is 6.27. The van der Waals surface area contributed by atoms with Crippen LogP contribution in [0.25, 0.3) is 0 Å². The van der Waals surface area contributed by atoms with Crippen molar-refractivity contribution in [2.45, 2.75) is 83.1 Å². The molecule has 3 nitrogen and oxygen atoms in total. The van der Waals surface area contributed by atoms with Gasteiger partial charge in [0.2, 0.25) is 0 Å². The molecule has 0 unspecified atom stereocenters. The third-order valence-corrected chi connectivity index (χ3v) is 10.4. The fraction of sp³-hybridized carbons (Fsp3) is 0.583. The number of rotatable bonds is 9. The average molecular weight is 403 g/mol. The van der Waals surface area contributed by atoms with E-state index in [1.165, 1.54) is 5.56 Å². The quantitative estimate of drug-likeness (QED) is 0.277. The van der Waals surface area contributed by atoms with E-state index in [1.54, 1.807) is 0 Å². The summed E-state index contributed by atoms with van der Waals surface area (Å²) in [7, 11) is -1.90. The SMILES string of the molecule is C=CC[C@H]1O[C@H](CCOCc2ccccc2)CC(=C)[C@H]1O[Si](C)(C)C(C)(C)C. The lowest BCUT2D eigenvalue weighted by atomic mass is 9.93. The first-order chi connectivity index (χ1) is 13.1. The van der Waals surface area contributed by atoms with Gasteiger partial charge in [-0.05, 0) is 48.5 Å². The Labute approximate surface area is 172 Å². The second-order valence-electron chi connectivity index (χ2n) is 9.31. The summed E-state index contributed by atoms with van der Waals surface area (Å²) < 4.78 is 18.9. The monoisotopic (exact) mass is 402 g/mol. The van der Waals surface area contributed by atoms with Crippen LogP contribution in [-0.4, -0.2) is 33.2 Å². The van der Waals surface area contributed by atoms with E-state index in [0.717, 1.165) is 24.8 Å². The van der Waals surface area contributed by atoms with Crippen LogP contribution in [0.3, 0.4) is 0 Å². The Morgan fingerprint density at radius 3 is 2.50 bits per heavy atom. The van der Waals surface area contributed by atoms with Crippen molar-refractivity contribution in [3.8, 4) is 0 Å². The van der Waals surface area contributed by atoms with Gasteiger partial charge in [0.25, 0.3) is 0 Å². The summed E-state index contributed by atoms with van der Waals surface area (Å²) in [4.78, 5) is 0. The summed E-state index contributed by atoms with van der Waals surface area (Å²) in [5.74, 6) is 0. The second-order valence-corrected chi connectivity index (χ2v) is 14.1. The highest BCUT2D eigenvalue weighted by atomic mass is 28.4. The molecular weight excluding hydrogens is 364 g/mol. The van der Waals surface area contributed by atoms with E-state index in [-0.39, 0.29) is 23.4 Å². The molecule has 1 aromatic carbocycles. The smallest absolute Gasteiger partial charge is 0.193 e. The van der Waals surface area contributed by atoms with E-state index in [4.69, 9.17) is 13.9 Å². The van der Waals surface area contributed by atoms with Gasteiger partial charge in [0, 0.05) is 6.61 Å². The first kappa shape index (κ1) is 23.1. The molecule has 0 N–H and O–H groups in total. The van der Waals surface area contributed by atoms with E-state index >= 15 is 0 Å². The van der Waals surface area contributed by atoms with Crippen molar-refractivity contribution in [1.82, 2.24) is 0 Å². The van der Waals surface area contributed by atoms with Crippen LogP contribution in [0.5, 0.6) is 0 Å². The molecule has 3 atom stereocenters. The van der Waals surface area contributed by atoms with Crippen molar-refractivity contribution in [3.63, 3.8) is 0 Å². The zero-order chi connectivity index (χ0) is 20.8. The Morgan fingerprint density at radius 1 is 1.21 bits per heavy atom. The van der Waals surface area contributed by atoms with Crippen molar-refractivity contribution < 1.29 is 13.9 Å². The molecule has 28 heavy (non-hydrogen) atoms. The molecule has 4 heteroatoms. The van der Waals surface area contributed by atoms with Gasteiger partial charge in [-0.15, -0.1) is 6.58 Å². The van der Waals surface area contributed by atoms with Crippen LogP contribution in [0.15, 0.2) is 55.1 Å². The summed E-state index contributed by atoms with van der Waals surface area (Å²) in [5.41, 5.74) is 2.35. The van der Waals surface area contributed by atoms with Crippen molar-refractivity contribution in [3.05, 3.63) is 60.7 Å². The predicted molar refractivity (Wildman–Crippen MR) is 120 cm³/mol. The van der Waals surface area contributed by atoms with Crippen LogP contribution in [0, 0.1) is 0 Å². The minimum absolute atomic E-state index is 0.00741. The van der Waals surface area contributed by atoms with Gasteiger partial charge < -0.3 is 13.9 Å². The molecule has 0 radical (unpaired) electrons. The molecule has 0 bridgehead atoms. The van der Waals surface area contributed by atoms with E-state index in [1.807, 2.05) is 24.3 Å². The number of benzene rings is 1. The minimum atomic E-state index is -1.90. The lowest BCUT2D eigenvalue weighted by Crippen LogP contribution is -2.51. The zero-order valence-corrected chi connectivity index (χ0v) is 19.4. The van der Waals surface area contributed by atoms with Crippen LogP contribution >= 0.6 is 0 Å². The maximum atomic E-state index is 6.69. The number of ether oxygens (including phenoxy) is 2. The highest BCUT2D eigenvalue weighted by molar-refractivity contribution is 6.74. The maximum absolute atomic E-state index is 6.69. The Bertz CT molecular complexity index is 633. The summed E-state index contributed by atoms with van der Waals surface area (Å²) in [6, 6.07) is 10.3. The molecule has 1 aromatic rings. The lowest BCUT2D eigenvalue weighted by Gasteiger charge is -2.45. The molecule has 156 valence electrons. The molecule has 1 fully saturated rings. The molecule has 0 spiro atoms. The minimum Gasteiger partial charge on any atom is -0.408 e. The van der Waals surface area contributed by atoms with E-state index in [9.17, 15) is 0 Å². The molecule has 0 amide bonds. The number of hydrogen-bond acceptors (Lipinski definition) is 3. The highest BCUT2D eigenvalue weighted by Gasteiger charge is 2.43. The van der Waals surface area contributed by atoms with Crippen LogP contribution in [0.2, 0.25) is 18.1 Å². The van der Waals surface area contributed by atoms with Crippen LogP contribution in [0.4, 0.5) is 0 Å². The molecular formula is C24H38O3Si. The fourth-order valence-electron chi connectivity index (χ4n) is 3.18. The van der Waals surface area contributed by atoms with Crippen molar-refractivity contribution in [2.75, 3.05) is 6.61 Å². The van der Waals surface area contributed by atoms with Gasteiger partial charge in [-0.2, -0.15) is 0 Å². The van der Waals surface area contributed by atoms with Crippen molar-refractivity contribution in [2.24, 2.45) is 0 Å². The molecule has 1 aliphatic heterocycles. The Morgan fingerprint density at radius 2 is 1.89 bits per heavy atom. The van der Waals surface area contributed by atoms with Crippen LogP contribution < -0.4 is 0 Å². The Balaban J connectivity index is 1.90.